The summed E-state index contributed by atoms with van der Waals surface area (Å²) in [4.78, 5) is 51.1. The van der Waals surface area contributed by atoms with Crippen LogP contribution in [-0.4, -0.2) is 63.3 Å². The van der Waals surface area contributed by atoms with Crippen molar-refractivity contribution in [1.82, 2.24) is 0 Å². The van der Waals surface area contributed by atoms with Gasteiger partial charge in [-0.25, -0.2) is 8.78 Å². The fourth-order valence-electron chi connectivity index (χ4n) is 8.27. The zero-order chi connectivity index (χ0) is 27.8. The van der Waals surface area contributed by atoms with Crippen LogP contribution in [0.1, 0.15) is 59.8 Å². The van der Waals surface area contributed by atoms with Gasteiger partial charge in [-0.05, 0) is 49.8 Å². The normalized spacial score (nSPS) is 47.5. The van der Waals surface area contributed by atoms with Crippen molar-refractivity contribution in [3.05, 3.63) is 23.8 Å². The molecule has 0 amide bonds. The summed E-state index contributed by atoms with van der Waals surface area (Å²) in [7, 11) is 0. The first-order valence-corrected chi connectivity index (χ1v) is 14.2. The summed E-state index contributed by atoms with van der Waals surface area (Å²) in [5, 5.41) is 10.3. The number of carbonyl (C=O) groups excluding carboxylic acids is 4. The number of fused-ring (bicyclic) bond motifs is 5. The van der Waals surface area contributed by atoms with Crippen LogP contribution in [-0.2, 0) is 28.7 Å². The molecule has 1 saturated heterocycles. The lowest BCUT2D eigenvalue weighted by Crippen LogP contribution is -2.70. The van der Waals surface area contributed by atoms with Crippen molar-refractivity contribution in [1.29, 1.82) is 0 Å². The van der Waals surface area contributed by atoms with Crippen molar-refractivity contribution < 1.29 is 42.5 Å². The number of ether oxygens (including phenoxy) is 2. The largest absolute Gasteiger partial charge is 0.465 e. The Balaban J connectivity index is 1.61. The highest BCUT2D eigenvalue weighted by atomic mass is 32.2. The Kier molecular flexibility index (Phi) is 6.50. The summed E-state index contributed by atoms with van der Waals surface area (Å²) in [6.07, 6.45) is 0.586. The van der Waals surface area contributed by atoms with Crippen molar-refractivity contribution in [3.8, 4) is 0 Å². The van der Waals surface area contributed by atoms with Crippen LogP contribution < -0.4 is 0 Å². The average molecular weight is 553 g/mol. The van der Waals surface area contributed by atoms with Crippen molar-refractivity contribution in [2.24, 2.45) is 28.6 Å². The Morgan fingerprint density at radius 3 is 2.58 bits per heavy atom. The predicted molar refractivity (Wildman–Crippen MR) is 134 cm³/mol. The van der Waals surface area contributed by atoms with Gasteiger partial charge in [0.25, 0.3) is 0 Å². The first-order chi connectivity index (χ1) is 17.8. The summed E-state index contributed by atoms with van der Waals surface area (Å²) >= 11 is 0.772. The number of ketones is 1. The number of allylic oxidation sites excluding steroid dienone is 4. The van der Waals surface area contributed by atoms with Crippen molar-refractivity contribution in [3.63, 3.8) is 0 Å². The number of aliphatic hydroxyl groups is 1. The smallest absolute Gasteiger partial charge is 0.319 e. The lowest BCUT2D eigenvalue weighted by atomic mass is 9.44. The maximum absolute atomic E-state index is 17.4. The molecule has 1 aliphatic heterocycles. The van der Waals surface area contributed by atoms with Gasteiger partial charge in [-0.15, -0.1) is 0 Å². The molecule has 7 nitrogen and oxygen atoms in total. The van der Waals surface area contributed by atoms with Crippen LogP contribution in [0.4, 0.5) is 8.78 Å². The highest BCUT2D eigenvalue weighted by molar-refractivity contribution is 8.14. The number of carbonyl (C=O) groups is 4. The third kappa shape index (κ3) is 3.41. The van der Waals surface area contributed by atoms with Gasteiger partial charge in [-0.2, -0.15) is 0 Å². The molecule has 0 aromatic carbocycles. The first-order valence-electron chi connectivity index (χ1n) is 13.3. The first kappa shape index (κ1) is 27.5. The van der Waals surface area contributed by atoms with Gasteiger partial charge in [-0.1, -0.05) is 38.6 Å². The summed E-state index contributed by atoms with van der Waals surface area (Å²) < 4.78 is 44.2. The summed E-state index contributed by atoms with van der Waals surface area (Å²) in [5.74, 6) is -3.76. The molecule has 4 fully saturated rings. The zero-order valence-corrected chi connectivity index (χ0v) is 22.8. The molecule has 0 aromatic heterocycles. The molecule has 1 unspecified atom stereocenters. The molecule has 1 heterocycles. The van der Waals surface area contributed by atoms with Crippen LogP contribution in [0.25, 0.3) is 0 Å². The Morgan fingerprint density at radius 1 is 1.24 bits per heavy atom. The number of hydrogen-bond donors (Lipinski definition) is 1. The quantitative estimate of drug-likeness (QED) is 0.525. The van der Waals surface area contributed by atoms with E-state index >= 15 is 8.78 Å². The van der Waals surface area contributed by atoms with E-state index in [0.29, 0.717) is 6.42 Å². The van der Waals surface area contributed by atoms with Crippen molar-refractivity contribution in [2.45, 2.75) is 88.6 Å². The fraction of sp³-hybridized carbons (Fsp3) is 0.714. The van der Waals surface area contributed by atoms with Gasteiger partial charge in [0.1, 0.15) is 11.4 Å². The average Bonchev–Trinajstić information content (AvgIpc) is 3.35. The molecule has 5 rings (SSSR count). The SMILES string of the molecule is CCC(=O)O[C@]1(C(=O)S[C@H]2CCOC2=O)C(C)C[C@H]2[C@@H]3C[C@H](F)C4=CC(=O)C=C[C@]4(C)[C@@]3(F)[C@@H](O)C[C@@]21C. The standard InChI is InChI=1S/C28H34F2O7S/c1-5-22(33)37-28(24(35)38-20-7-9-36-23(20)34)14(2)10-16-17-12-19(29)18-11-15(31)6-8-25(18,3)27(17,30)21(32)13-26(16,28)4/h6,8,11,14,16-17,19-21,32H,5,7,9-10,12-13H2,1-4H3/t14?,16-,17-,19-,20-,21-,25-,26-,27-,28-/m0/s1. The van der Waals surface area contributed by atoms with Crippen LogP contribution in [0.15, 0.2) is 23.8 Å². The van der Waals surface area contributed by atoms with E-state index in [9.17, 15) is 24.3 Å². The molecule has 3 saturated carbocycles. The molecule has 208 valence electrons. The van der Waals surface area contributed by atoms with Gasteiger partial charge >= 0.3 is 11.9 Å². The molecule has 5 aliphatic rings. The molecule has 0 aromatic rings. The maximum Gasteiger partial charge on any atom is 0.319 e. The Labute approximate surface area is 224 Å². The van der Waals surface area contributed by atoms with Crippen LogP contribution in [0, 0.1) is 28.6 Å². The van der Waals surface area contributed by atoms with E-state index in [1.165, 1.54) is 19.1 Å². The highest BCUT2D eigenvalue weighted by Crippen LogP contribution is 2.72. The molecule has 0 spiro atoms. The van der Waals surface area contributed by atoms with Crippen LogP contribution in [0.2, 0.25) is 0 Å². The van der Waals surface area contributed by atoms with E-state index in [-0.39, 0.29) is 37.9 Å². The van der Waals surface area contributed by atoms with Gasteiger partial charge in [0.2, 0.25) is 5.12 Å². The van der Waals surface area contributed by atoms with E-state index in [4.69, 9.17) is 9.47 Å². The summed E-state index contributed by atoms with van der Waals surface area (Å²) in [5.41, 5.74) is -6.81. The van der Waals surface area contributed by atoms with Gasteiger partial charge < -0.3 is 14.6 Å². The van der Waals surface area contributed by atoms with Gasteiger partial charge in [-0.3, -0.25) is 19.2 Å². The summed E-state index contributed by atoms with van der Waals surface area (Å²) in [6.45, 7) is 6.78. The van der Waals surface area contributed by atoms with Crippen molar-refractivity contribution >= 4 is 34.6 Å². The Morgan fingerprint density at radius 2 is 1.95 bits per heavy atom. The Hall–Kier alpha value is -2.07. The van der Waals surface area contributed by atoms with E-state index in [0.717, 1.165) is 17.8 Å². The molecule has 0 radical (unpaired) electrons. The minimum atomic E-state index is -2.31. The number of cyclic esters (lactones) is 1. The van der Waals surface area contributed by atoms with Gasteiger partial charge in [0.15, 0.2) is 17.1 Å². The van der Waals surface area contributed by atoms with Crippen LogP contribution in [0.3, 0.4) is 0 Å². The number of halogens is 2. The lowest BCUT2D eigenvalue weighted by molar-refractivity contribution is -0.228. The van der Waals surface area contributed by atoms with Gasteiger partial charge in [0.05, 0.1) is 12.7 Å². The van der Waals surface area contributed by atoms with Crippen LogP contribution >= 0.6 is 11.8 Å². The van der Waals surface area contributed by atoms with E-state index in [2.05, 4.69) is 0 Å². The number of thioether (sulfide) groups is 1. The fourth-order valence-corrected chi connectivity index (χ4v) is 9.56. The molecule has 0 bridgehead atoms. The monoisotopic (exact) mass is 552 g/mol. The third-order valence-corrected chi connectivity index (χ3v) is 11.4. The number of esters is 2. The van der Waals surface area contributed by atoms with E-state index in [1.54, 1.807) is 20.8 Å². The molecular weight excluding hydrogens is 518 g/mol. The predicted octanol–water partition coefficient (Wildman–Crippen LogP) is 3.82. The van der Waals surface area contributed by atoms with E-state index < -0.39 is 80.2 Å². The second-order valence-corrected chi connectivity index (χ2v) is 13.1. The molecular formula is C28H34F2O7S. The zero-order valence-electron chi connectivity index (χ0n) is 22.0. The summed E-state index contributed by atoms with van der Waals surface area (Å²) in [6, 6.07) is 0. The second-order valence-electron chi connectivity index (χ2n) is 11.9. The molecule has 4 aliphatic carbocycles. The highest BCUT2D eigenvalue weighted by Gasteiger charge is 2.78. The third-order valence-electron chi connectivity index (χ3n) is 10.2. The number of aliphatic hydroxyl groups excluding tert-OH is 1. The number of alkyl halides is 2. The maximum atomic E-state index is 17.4. The minimum absolute atomic E-state index is 0.00469. The minimum Gasteiger partial charge on any atom is -0.465 e. The molecule has 10 atom stereocenters. The van der Waals surface area contributed by atoms with Crippen LogP contribution in [0.5, 0.6) is 0 Å². The van der Waals surface area contributed by atoms with E-state index in [1.807, 2.05) is 0 Å². The second kappa shape index (κ2) is 8.98. The Bertz CT molecular complexity index is 1150. The molecule has 1 N–H and O–H groups in total. The van der Waals surface area contributed by atoms with Gasteiger partial charge in [0, 0.05) is 35.5 Å². The lowest BCUT2D eigenvalue weighted by Gasteiger charge is -2.63. The topological polar surface area (TPSA) is 107 Å². The van der Waals surface area contributed by atoms with Crippen molar-refractivity contribution in [2.75, 3.05) is 6.61 Å². The molecule has 10 heteroatoms. The number of rotatable bonds is 4. The molecule has 38 heavy (non-hydrogen) atoms. The number of hydrogen-bond acceptors (Lipinski definition) is 8.